The molecule has 1 rings (SSSR count). The normalized spacial score (nSPS) is 12.8. The number of nitrogens with two attached hydrogens (primary N) is 1. The van der Waals surface area contributed by atoms with Crippen molar-refractivity contribution < 1.29 is 4.92 Å². The lowest BCUT2D eigenvalue weighted by atomic mass is 10.2. The van der Waals surface area contributed by atoms with Crippen LogP contribution in [0.25, 0.3) is 0 Å². The van der Waals surface area contributed by atoms with Gasteiger partial charge in [0, 0.05) is 6.04 Å². The third-order valence-electron chi connectivity index (χ3n) is 2.60. The van der Waals surface area contributed by atoms with Gasteiger partial charge in [-0.1, -0.05) is 5.10 Å². The number of rotatable bonds is 5. The summed E-state index contributed by atoms with van der Waals surface area (Å²) < 4.78 is 1.47. The van der Waals surface area contributed by atoms with E-state index in [0.29, 0.717) is 17.8 Å². The SMILES string of the molecule is Cc1nn(CCCC(C)N)c([N+](=O)[O-])c1C. The molecule has 6 nitrogen and oxygen atoms in total. The Kier molecular flexibility index (Phi) is 4.00. The molecular weight excluding hydrogens is 208 g/mol. The summed E-state index contributed by atoms with van der Waals surface area (Å²) in [5.74, 6) is 0.0992. The number of aryl methyl sites for hydroxylation is 2. The molecule has 0 fully saturated rings. The lowest BCUT2D eigenvalue weighted by Crippen LogP contribution is -2.16. The summed E-state index contributed by atoms with van der Waals surface area (Å²) in [6, 6.07) is 0.122. The number of nitrogens with zero attached hydrogens (tertiary/aromatic N) is 3. The zero-order valence-electron chi connectivity index (χ0n) is 9.93. The van der Waals surface area contributed by atoms with Gasteiger partial charge in [0.25, 0.3) is 0 Å². The molecule has 1 aromatic heterocycles. The van der Waals surface area contributed by atoms with Gasteiger partial charge in [-0.3, -0.25) is 0 Å². The summed E-state index contributed by atoms with van der Waals surface area (Å²) in [5, 5.41) is 15.0. The van der Waals surface area contributed by atoms with E-state index in [1.165, 1.54) is 4.68 Å². The van der Waals surface area contributed by atoms with Gasteiger partial charge in [0.05, 0.1) is 11.3 Å². The number of hydrogen-bond donors (Lipinski definition) is 1. The largest absolute Gasteiger partial charge is 0.358 e. The highest BCUT2D eigenvalue weighted by molar-refractivity contribution is 5.35. The Morgan fingerprint density at radius 3 is 2.69 bits per heavy atom. The summed E-state index contributed by atoms with van der Waals surface area (Å²) in [6.45, 7) is 5.98. The van der Waals surface area contributed by atoms with Crippen molar-refractivity contribution in [3.63, 3.8) is 0 Å². The van der Waals surface area contributed by atoms with E-state index in [1.807, 2.05) is 6.92 Å². The molecule has 2 N–H and O–H groups in total. The average molecular weight is 226 g/mol. The molecule has 0 saturated carbocycles. The standard InChI is InChI=1S/C10H18N4O2/c1-7(11)5-4-6-13-10(14(15)16)8(2)9(3)12-13/h7H,4-6,11H2,1-3H3. The van der Waals surface area contributed by atoms with Crippen molar-refractivity contribution in [1.82, 2.24) is 9.78 Å². The average Bonchev–Trinajstić information content (AvgIpc) is 2.42. The molecule has 1 heterocycles. The maximum atomic E-state index is 10.9. The second kappa shape index (κ2) is 5.07. The van der Waals surface area contributed by atoms with Gasteiger partial charge in [0.1, 0.15) is 6.54 Å². The number of hydrogen-bond acceptors (Lipinski definition) is 4. The van der Waals surface area contributed by atoms with Gasteiger partial charge in [-0.25, -0.2) is 0 Å². The van der Waals surface area contributed by atoms with Gasteiger partial charge in [0.2, 0.25) is 0 Å². The zero-order valence-corrected chi connectivity index (χ0v) is 9.93. The molecule has 0 bridgehead atoms. The highest BCUT2D eigenvalue weighted by Crippen LogP contribution is 2.21. The second-order valence-corrected chi connectivity index (χ2v) is 4.13. The minimum Gasteiger partial charge on any atom is -0.358 e. The summed E-state index contributed by atoms with van der Waals surface area (Å²) >= 11 is 0. The van der Waals surface area contributed by atoms with E-state index in [9.17, 15) is 10.1 Å². The fourth-order valence-electron chi connectivity index (χ4n) is 1.61. The summed E-state index contributed by atoms with van der Waals surface area (Å²) in [5.41, 5.74) is 6.99. The van der Waals surface area contributed by atoms with Crippen LogP contribution < -0.4 is 5.73 Å². The molecule has 0 aliphatic rings. The molecule has 0 saturated heterocycles. The smallest absolute Gasteiger partial charge is 0.348 e. The van der Waals surface area contributed by atoms with Crippen LogP contribution >= 0.6 is 0 Å². The summed E-state index contributed by atoms with van der Waals surface area (Å²) in [4.78, 5) is 10.5. The third-order valence-corrected chi connectivity index (χ3v) is 2.60. The maximum Gasteiger partial charge on any atom is 0.348 e. The first-order valence-electron chi connectivity index (χ1n) is 5.37. The summed E-state index contributed by atoms with van der Waals surface area (Å²) in [7, 11) is 0. The van der Waals surface area contributed by atoms with Crippen molar-refractivity contribution in [2.24, 2.45) is 5.73 Å². The predicted molar refractivity (Wildman–Crippen MR) is 61.2 cm³/mol. The van der Waals surface area contributed by atoms with Gasteiger partial charge < -0.3 is 15.8 Å². The Bertz CT molecular complexity index is 384. The topological polar surface area (TPSA) is 87.0 Å². The molecule has 6 heteroatoms. The fourth-order valence-corrected chi connectivity index (χ4v) is 1.61. The van der Waals surface area contributed by atoms with Crippen LogP contribution in [0, 0.1) is 24.0 Å². The van der Waals surface area contributed by atoms with E-state index in [-0.39, 0.29) is 16.8 Å². The minimum atomic E-state index is -0.374. The molecule has 0 aromatic carbocycles. The number of aromatic nitrogens is 2. The molecule has 1 atom stereocenters. The van der Waals surface area contributed by atoms with Crippen LogP contribution in [0.4, 0.5) is 5.82 Å². The molecule has 0 radical (unpaired) electrons. The van der Waals surface area contributed by atoms with Crippen LogP contribution in [0.5, 0.6) is 0 Å². The van der Waals surface area contributed by atoms with E-state index in [0.717, 1.165) is 12.8 Å². The third kappa shape index (κ3) is 2.79. The lowest BCUT2D eigenvalue weighted by Gasteiger charge is -2.03. The Balaban J connectivity index is 2.79. The van der Waals surface area contributed by atoms with E-state index >= 15 is 0 Å². The first-order valence-corrected chi connectivity index (χ1v) is 5.37. The fraction of sp³-hybridized carbons (Fsp3) is 0.700. The molecule has 0 spiro atoms. The predicted octanol–water partition coefficient (Wildman–Crippen LogP) is 1.54. The van der Waals surface area contributed by atoms with Gasteiger partial charge in [-0.05, 0) is 38.5 Å². The second-order valence-electron chi connectivity index (χ2n) is 4.13. The Hall–Kier alpha value is -1.43. The van der Waals surface area contributed by atoms with Crippen molar-refractivity contribution in [2.45, 2.75) is 46.2 Å². The molecule has 0 aliphatic carbocycles. The lowest BCUT2D eigenvalue weighted by molar-refractivity contribution is -0.393. The van der Waals surface area contributed by atoms with Crippen LogP contribution in [-0.4, -0.2) is 20.7 Å². The molecule has 1 aromatic rings. The van der Waals surface area contributed by atoms with Gasteiger partial charge in [-0.2, -0.15) is 0 Å². The van der Waals surface area contributed by atoms with E-state index in [2.05, 4.69) is 5.10 Å². The molecule has 1 unspecified atom stereocenters. The van der Waals surface area contributed by atoms with E-state index in [4.69, 9.17) is 5.73 Å². The van der Waals surface area contributed by atoms with Gasteiger partial charge in [-0.15, -0.1) is 4.68 Å². The first kappa shape index (κ1) is 12.6. The van der Waals surface area contributed by atoms with Gasteiger partial charge in [0.15, 0.2) is 0 Å². The minimum absolute atomic E-state index is 0.0992. The van der Waals surface area contributed by atoms with Gasteiger partial charge >= 0.3 is 5.82 Å². The Morgan fingerprint density at radius 1 is 1.56 bits per heavy atom. The summed E-state index contributed by atoms with van der Waals surface area (Å²) in [6.07, 6.45) is 1.65. The molecule has 0 aliphatic heterocycles. The van der Waals surface area contributed by atoms with Crippen molar-refractivity contribution >= 4 is 5.82 Å². The Morgan fingerprint density at radius 2 is 2.19 bits per heavy atom. The number of nitro groups is 1. The van der Waals surface area contributed by atoms with E-state index < -0.39 is 0 Å². The zero-order chi connectivity index (χ0) is 12.3. The van der Waals surface area contributed by atoms with Crippen LogP contribution in [0.1, 0.15) is 31.0 Å². The van der Waals surface area contributed by atoms with Crippen molar-refractivity contribution in [3.05, 3.63) is 21.4 Å². The van der Waals surface area contributed by atoms with Crippen LogP contribution in [-0.2, 0) is 6.54 Å². The Labute approximate surface area is 94.6 Å². The highest BCUT2D eigenvalue weighted by atomic mass is 16.6. The quantitative estimate of drug-likeness (QED) is 0.609. The van der Waals surface area contributed by atoms with Crippen LogP contribution in [0.2, 0.25) is 0 Å². The monoisotopic (exact) mass is 226 g/mol. The van der Waals surface area contributed by atoms with Crippen molar-refractivity contribution in [1.29, 1.82) is 0 Å². The molecule has 16 heavy (non-hydrogen) atoms. The maximum absolute atomic E-state index is 10.9. The van der Waals surface area contributed by atoms with Crippen LogP contribution in [0.15, 0.2) is 0 Å². The first-order chi connectivity index (χ1) is 7.43. The van der Waals surface area contributed by atoms with Crippen LogP contribution in [0.3, 0.4) is 0 Å². The molecular formula is C10H18N4O2. The molecule has 0 amide bonds. The van der Waals surface area contributed by atoms with Crippen molar-refractivity contribution in [3.8, 4) is 0 Å². The van der Waals surface area contributed by atoms with E-state index in [1.54, 1.807) is 13.8 Å². The highest BCUT2D eigenvalue weighted by Gasteiger charge is 2.21. The molecule has 90 valence electrons. The van der Waals surface area contributed by atoms with Crippen molar-refractivity contribution in [2.75, 3.05) is 0 Å².